The van der Waals surface area contributed by atoms with E-state index in [1.165, 1.54) is 13.3 Å². The molecule has 0 heterocycles. The van der Waals surface area contributed by atoms with Gasteiger partial charge >= 0.3 is 0 Å². The molecule has 0 aliphatic heterocycles. The highest BCUT2D eigenvalue weighted by atomic mass is 16.5. The number of hydrogen-bond donors (Lipinski definition) is 3. The van der Waals surface area contributed by atoms with E-state index in [1.807, 2.05) is 31.2 Å². The van der Waals surface area contributed by atoms with Crippen LogP contribution in [-0.2, 0) is 4.79 Å². The maximum atomic E-state index is 12.2. The Morgan fingerprint density at radius 2 is 1.84 bits per heavy atom. The van der Waals surface area contributed by atoms with Gasteiger partial charge in [0.05, 0.1) is 18.9 Å². The minimum absolute atomic E-state index is 0.174. The van der Waals surface area contributed by atoms with Gasteiger partial charge in [0.25, 0.3) is 11.8 Å². The molecule has 32 heavy (non-hydrogen) atoms. The third kappa shape index (κ3) is 6.09. The number of nitrogens with zero attached hydrogens (tertiary/aromatic N) is 1. The van der Waals surface area contributed by atoms with Crippen LogP contribution < -0.4 is 25.9 Å². The Morgan fingerprint density at radius 1 is 1.03 bits per heavy atom. The van der Waals surface area contributed by atoms with Crippen molar-refractivity contribution in [1.82, 2.24) is 5.43 Å². The van der Waals surface area contributed by atoms with Gasteiger partial charge in [-0.1, -0.05) is 24.3 Å². The molecule has 2 amide bonds. The van der Waals surface area contributed by atoms with Crippen molar-refractivity contribution in [1.29, 1.82) is 0 Å². The molecule has 0 aromatic heterocycles. The zero-order chi connectivity index (χ0) is 22.9. The molecular formula is C24H24N4O4. The van der Waals surface area contributed by atoms with Crippen LogP contribution in [0.4, 0.5) is 11.4 Å². The van der Waals surface area contributed by atoms with E-state index in [0.717, 1.165) is 5.56 Å². The second kappa shape index (κ2) is 10.6. The normalized spacial score (nSPS) is 10.6. The van der Waals surface area contributed by atoms with Crippen molar-refractivity contribution in [2.75, 3.05) is 24.8 Å². The summed E-state index contributed by atoms with van der Waals surface area (Å²) < 4.78 is 10.9. The molecule has 0 atom stereocenters. The maximum Gasteiger partial charge on any atom is 0.273 e. The first-order chi connectivity index (χ1) is 15.5. The van der Waals surface area contributed by atoms with Gasteiger partial charge in [0, 0.05) is 11.4 Å². The lowest BCUT2D eigenvalue weighted by Gasteiger charge is -2.11. The standard InChI is InChI=1S/C24H24N4O4/c1-16-6-5-7-18(12-16)27-23(29)15-32-21-11-10-17(13-22(21)31-2)14-26-28-24(30)19-8-3-4-9-20(19)25/h3-14H,15,25H2,1-2H3,(H,27,29)(H,28,30)/b26-14-. The van der Waals surface area contributed by atoms with Crippen molar-refractivity contribution in [3.63, 3.8) is 0 Å². The molecule has 164 valence electrons. The minimum atomic E-state index is -0.411. The maximum absolute atomic E-state index is 12.2. The molecule has 8 heteroatoms. The molecule has 0 fully saturated rings. The molecule has 3 aromatic rings. The van der Waals surface area contributed by atoms with Crippen LogP contribution in [0.3, 0.4) is 0 Å². The molecule has 0 aliphatic rings. The molecule has 4 N–H and O–H groups in total. The summed E-state index contributed by atoms with van der Waals surface area (Å²) in [6.07, 6.45) is 1.47. The van der Waals surface area contributed by atoms with E-state index >= 15 is 0 Å². The van der Waals surface area contributed by atoms with Gasteiger partial charge in [-0.2, -0.15) is 5.10 Å². The van der Waals surface area contributed by atoms with Gasteiger partial charge in [0.2, 0.25) is 0 Å². The lowest BCUT2D eigenvalue weighted by molar-refractivity contribution is -0.118. The van der Waals surface area contributed by atoms with Gasteiger partial charge in [0.1, 0.15) is 0 Å². The molecule has 3 rings (SSSR count). The molecule has 0 bridgehead atoms. The first-order valence-corrected chi connectivity index (χ1v) is 9.81. The van der Waals surface area contributed by atoms with E-state index in [0.29, 0.717) is 34.0 Å². The van der Waals surface area contributed by atoms with Crippen LogP contribution in [0.2, 0.25) is 0 Å². The lowest BCUT2D eigenvalue weighted by Crippen LogP contribution is -2.20. The summed E-state index contributed by atoms with van der Waals surface area (Å²) in [4.78, 5) is 24.3. The van der Waals surface area contributed by atoms with Crippen LogP contribution in [0, 0.1) is 6.92 Å². The first-order valence-electron chi connectivity index (χ1n) is 9.81. The number of nitrogen functional groups attached to an aromatic ring is 1. The van der Waals surface area contributed by atoms with Crippen molar-refractivity contribution >= 4 is 29.4 Å². The summed E-state index contributed by atoms with van der Waals surface area (Å²) in [5, 5.41) is 6.73. The molecule has 0 radical (unpaired) electrons. The number of methoxy groups -OCH3 is 1. The Balaban J connectivity index is 1.58. The number of rotatable bonds is 8. The van der Waals surface area contributed by atoms with Gasteiger partial charge in [-0.25, -0.2) is 5.43 Å². The van der Waals surface area contributed by atoms with Crippen LogP contribution in [-0.4, -0.2) is 31.7 Å². The molecule has 0 aliphatic carbocycles. The zero-order valence-electron chi connectivity index (χ0n) is 17.8. The fourth-order valence-corrected chi connectivity index (χ4v) is 2.88. The average Bonchev–Trinajstić information content (AvgIpc) is 2.78. The topological polar surface area (TPSA) is 115 Å². The van der Waals surface area contributed by atoms with Gasteiger partial charge in [-0.05, 0) is 60.5 Å². The van der Waals surface area contributed by atoms with Crippen LogP contribution in [0.1, 0.15) is 21.5 Å². The number of para-hydroxylation sites is 1. The molecule has 0 saturated carbocycles. The third-order valence-electron chi connectivity index (χ3n) is 4.43. The fourth-order valence-electron chi connectivity index (χ4n) is 2.88. The highest BCUT2D eigenvalue weighted by Gasteiger charge is 2.10. The van der Waals surface area contributed by atoms with Gasteiger partial charge < -0.3 is 20.5 Å². The Bertz CT molecular complexity index is 1140. The largest absolute Gasteiger partial charge is 0.493 e. The van der Waals surface area contributed by atoms with E-state index in [2.05, 4.69) is 15.8 Å². The molecule has 0 saturated heterocycles. The fraction of sp³-hybridized carbons (Fsp3) is 0.125. The van der Waals surface area contributed by atoms with E-state index in [-0.39, 0.29) is 12.5 Å². The number of ether oxygens (including phenoxy) is 2. The highest BCUT2D eigenvalue weighted by molar-refractivity contribution is 5.99. The Hall–Kier alpha value is -4.33. The number of carbonyl (C=O) groups excluding carboxylic acids is 2. The van der Waals surface area contributed by atoms with E-state index in [9.17, 15) is 9.59 Å². The SMILES string of the molecule is COc1cc(/C=N\NC(=O)c2ccccc2N)ccc1OCC(=O)Nc1cccc(C)c1. The molecule has 3 aromatic carbocycles. The number of hydrogen-bond acceptors (Lipinski definition) is 6. The molecule has 0 spiro atoms. The van der Waals surface area contributed by atoms with Gasteiger partial charge in [-0.3, -0.25) is 9.59 Å². The molecule has 8 nitrogen and oxygen atoms in total. The van der Waals surface area contributed by atoms with Crippen molar-refractivity contribution in [3.05, 3.63) is 83.4 Å². The quantitative estimate of drug-likeness (QED) is 0.287. The third-order valence-corrected chi connectivity index (χ3v) is 4.43. The summed E-state index contributed by atoms with van der Waals surface area (Å²) in [7, 11) is 1.50. The number of anilines is 2. The van der Waals surface area contributed by atoms with Crippen LogP contribution in [0.25, 0.3) is 0 Å². The number of aryl methyl sites for hydroxylation is 1. The summed E-state index contributed by atoms with van der Waals surface area (Å²) in [5.41, 5.74) is 11.4. The lowest BCUT2D eigenvalue weighted by atomic mass is 10.2. The Kier molecular flexibility index (Phi) is 7.42. The van der Waals surface area contributed by atoms with Crippen LogP contribution in [0.5, 0.6) is 11.5 Å². The number of carbonyl (C=O) groups is 2. The zero-order valence-corrected chi connectivity index (χ0v) is 17.8. The number of hydrazone groups is 1. The number of nitrogens with one attached hydrogen (secondary N) is 2. The Labute approximate surface area is 186 Å². The first kappa shape index (κ1) is 22.4. The summed E-state index contributed by atoms with van der Waals surface area (Å²) in [6, 6.07) is 19.3. The predicted molar refractivity (Wildman–Crippen MR) is 124 cm³/mol. The number of benzene rings is 3. The second-order valence-corrected chi connectivity index (χ2v) is 6.90. The molecular weight excluding hydrogens is 408 g/mol. The monoisotopic (exact) mass is 432 g/mol. The van der Waals surface area contributed by atoms with Gasteiger partial charge in [-0.15, -0.1) is 0 Å². The van der Waals surface area contributed by atoms with Gasteiger partial charge in [0.15, 0.2) is 18.1 Å². The predicted octanol–water partition coefficient (Wildman–Crippen LogP) is 3.37. The van der Waals surface area contributed by atoms with Crippen molar-refractivity contribution in [2.45, 2.75) is 6.92 Å². The second-order valence-electron chi connectivity index (χ2n) is 6.90. The van der Waals surface area contributed by atoms with E-state index < -0.39 is 5.91 Å². The van der Waals surface area contributed by atoms with E-state index in [4.69, 9.17) is 15.2 Å². The molecule has 0 unspecified atom stereocenters. The smallest absolute Gasteiger partial charge is 0.273 e. The van der Waals surface area contributed by atoms with Crippen LogP contribution in [0.15, 0.2) is 71.8 Å². The van der Waals surface area contributed by atoms with Crippen molar-refractivity contribution < 1.29 is 19.1 Å². The summed E-state index contributed by atoms with van der Waals surface area (Å²) >= 11 is 0. The number of nitrogens with two attached hydrogens (primary N) is 1. The van der Waals surface area contributed by atoms with E-state index in [1.54, 1.807) is 42.5 Å². The highest BCUT2D eigenvalue weighted by Crippen LogP contribution is 2.27. The van der Waals surface area contributed by atoms with Crippen LogP contribution >= 0.6 is 0 Å². The Morgan fingerprint density at radius 3 is 2.59 bits per heavy atom. The van der Waals surface area contributed by atoms with Crippen molar-refractivity contribution in [2.24, 2.45) is 5.10 Å². The average molecular weight is 432 g/mol. The number of amides is 2. The summed E-state index contributed by atoms with van der Waals surface area (Å²) in [6.45, 7) is 1.77. The summed E-state index contributed by atoms with van der Waals surface area (Å²) in [5.74, 6) is 0.137. The minimum Gasteiger partial charge on any atom is -0.493 e. The van der Waals surface area contributed by atoms with Crippen molar-refractivity contribution in [3.8, 4) is 11.5 Å².